The molecule has 0 atom stereocenters. The Balaban J connectivity index is 1.35. The van der Waals surface area contributed by atoms with E-state index in [1.165, 1.54) is 17.8 Å². The predicted molar refractivity (Wildman–Crippen MR) is 114 cm³/mol. The highest BCUT2D eigenvalue weighted by atomic mass is 32.2. The van der Waals surface area contributed by atoms with Gasteiger partial charge in [0.25, 0.3) is 0 Å². The summed E-state index contributed by atoms with van der Waals surface area (Å²) >= 11 is 1.27. The number of ether oxygens (including phenoxy) is 1. The molecule has 3 rings (SSSR count). The summed E-state index contributed by atoms with van der Waals surface area (Å²) in [6.07, 6.45) is 0.921. The zero-order valence-corrected chi connectivity index (χ0v) is 17.5. The van der Waals surface area contributed by atoms with Crippen LogP contribution in [0.4, 0.5) is 14.5 Å². The van der Waals surface area contributed by atoms with Crippen LogP contribution in [0.15, 0.2) is 42.5 Å². The van der Waals surface area contributed by atoms with Crippen molar-refractivity contribution in [1.82, 2.24) is 4.90 Å². The maximum atomic E-state index is 13.7. The smallest absolute Gasteiger partial charge is 0.234 e. The first kappa shape index (κ1) is 22.1. The summed E-state index contributed by atoms with van der Waals surface area (Å²) in [5.41, 5.74) is 1.85. The molecule has 0 bridgehead atoms. The molecule has 1 saturated heterocycles. The summed E-state index contributed by atoms with van der Waals surface area (Å²) in [6.45, 7) is 2.98. The molecule has 2 amide bonds. The van der Waals surface area contributed by atoms with Crippen LogP contribution in [-0.4, -0.2) is 47.4 Å². The molecule has 1 N–H and O–H groups in total. The molecular formula is C22H24F2N2O3S. The number of benzene rings is 2. The van der Waals surface area contributed by atoms with Crippen molar-refractivity contribution in [2.75, 3.05) is 29.9 Å². The van der Waals surface area contributed by atoms with Crippen LogP contribution in [0, 0.1) is 18.6 Å². The summed E-state index contributed by atoms with van der Waals surface area (Å²) < 4.78 is 32.3. The summed E-state index contributed by atoms with van der Waals surface area (Å²) in [7, 11) is 0. The number of anilines is 1. The third kappa shape index (κ3) is 6.45. The Morgan fingerprint density at radius 2 is 1.80 bits per heavy atom. The van der Waals surface area contributed by atoms with E-state index in [0.29, 0.717) is 25.9 Å². The lowest BCUT2D eigenvalue weighted by Crippen LogP contribution is -2.42. The maximum Gasteiger partial charge on any atom is 0.234 e. The van der Waals surface area contributed by atoms with Gasteiger partial charge in [0.05, 0.1) is 11.5 Å². The van der Waals surface area contributed by atoms with Gasteiger partial charge in [-0.25, -0.2) is 8.78 Å². The minimum Gasteiger partial charge on any atom is -0.487 e. The van der Waals surface area contributed by atoms with Gasteiger partial charge in [-0.3, -0.25) is 9.59 Å². The Bertz CT molecular complexity index is 884. The predicted octanol–water partition coefficient (Wildman–Crippen LogP) is 4.01. The van der Waals surface area contributed by atoms with Crippen LogP contribution in [-0.2, 0) is 9.59 Å². The summed E-state index contributed by atoms with van der Waals surface area (Å²) in [5.74, 6) is -1.11. The molecular weight excluding hydrogens is 410 g/mol. The van der Waals surface area contributed by atoms with Crippen molar-refractivity contribution in [3.63, 3.8) is 0 Å². The van der Waals surface area contributed by atoms with E-state index in [4.69, 9.17) is 4.74 Å². The second-order valence-electron chi connectivity index (χ2n) is 7.18. The molecule has 5 nitrogen and oxygen atoms in total. The fourth-order valence-corrected chi connectivity index (χ4v) is 3.85. The number of amides is 2. The van der Waals surface area contributed by atoms with Crippen molar-refractivity contribution in [2.45, 2.75) is 25.9 Å². The third-order valence-corrected chi connectivity index (χ3v) is 5.69. The molecule has 2 aromatic rings. The number of hydrogen-bond acceptors (Lipinski definition) is 4. The van der Waals surface area contributed by atoms with Crippen LogP contribution >= 0.6 is 11.8 Å². The molecule has 0 unspecified atom stereocenters. The summed E-state index contributed by atoms with van der Waals surface area (Å²) in [6, 6.07) is 10.7. The van der Waals surface area contributed by atoms with Crippen molar-refractivity contribution in [2.24, 2.45) is 0 Å². The lowest BCUT2D eigenvalue weighted by Gasteiger charge is -2.32. The van der Waals surface area contributed by atoms with E-state index in [1.807, 2.05) is 31.2 Å². The average Bonchev–Trinajstić information content (AvgIpc) is 2.72. The van der Waals surface area contributed by atoms with Crippen LogP contribution in [0.25, 0.3) is 0 Å². The Kier molecular flexibility index (Phi) is 7.68. The van der Waals surface area contributed by atoms with Gasteiger partial charge in [0.15, 0.2) is 11.6 Å². The van der Waals surface area contributed by atoms with Crippen molar-refractivity contribution in [3.05, 3.63) is 59.7 Å². The number of aryl methyl sites for hydroxylation is 1. The first-order valence-electron chi connectivity index (χ1n) is 9.74. The SMILES string of the molecule is Cc1ccc(NC(=O)CSCC(=O)N2CCC(Oc3ccc(F)cc3F)CC2)cc1. The number of hydrogen-bond donors (Lipinski definition) is 1. The van der Waals surface area contributed by atoms with Gasteiger partial charge in [-0.1, -0.05) is 17.7 Å². The van der Waals surface area contributed by atoms with Crippen molar-refractivity contribution < 1.29 is 23.1 Å². The topological polar surface area (TPSA) is 58.6 Å². The zero-order valence-electron chi connectivity index (χ0n) is 16.7. The number of carbonyl (C=O) groups excluding carboxylic acids is 2. The van der Waals surface area contributed by atoms with Crippen molar-refractivity contribution in [3.8, 4) is 5.75 Å². The van der Waals surface area contributed by atoms with Gasteiger partial charge in [-0.2, -0.15) is 0 Å². The zero-order chi connectivity index (χ0) is 21.5. The molecule has 160 valence electrons. The lowest BCUT2D eigenvalue weighted by molar-refractivity contribution is -0.130. The van der Waals surface area contributed by atoms with E-state index < -0.39 is 11.6 Å². The van der Waals surface area contributed by atoms with Gasteiger partial charge in [0, 0.05) is 37.7 Å². The van der Waals surface area contributed by atoms with E-state index in [-0.39, 0.29) is 35.2 Å². The van der Waals surface area contributed by atoms with Crippen LogP contribution in [0.1, 0.15) is 18.4 Å². The lowest BCUT2D eigenvalue weighted by atomic mass is 10.1. The Morgan fingerprint density at radius 1 is 1.10 bits per heavy atom. The van der Waals surface area contributed by atoms with Gasteiger partial charge >= 0.3 is 0 Å². The summed E-state index contributed by atoms with van der Waals surface area (Å²) in [5, 5.41) is 2.80. The second kappa shape index (κ2) is 10.4. The number of piperidine rings is 1. The van der Waals surface area contributed by atoms with Crippen molar-refractivity contribution in [1.29, 1.82) is 0 Å². The monoisotopic (exact) mass is 434 g/mol. The largest absolute Gasteiger partial charge is 0.487 e. The molecule has 0 aromatic heterocycles. The molecule has 1 aliphatic heterocycles. The molecule has 1 aliphatic rings. The molecule has 0 radical (unpaired) electrons. The Morgan fingerprint density at radius 3 is 2.47 bits per heavy atom. The normalized spacial score (nSPS) is 14.4. The highest BCUT2D eigenvalue weighted by Crippen LogP contribution is 2.23. The van der Waals surface area contributed by atoms with Gasteiger partial charge in [-0.05, 0) is 31.2 Å². The Labute approximate surface area is 178 Å². The molecule has 0 spiro atoms. The maximum absolute atomic E-state index is 13.7. The van der Waals surface area contributed by atoms with E-state index in [1.54, 1.807) is 4.90 Å². The van der Waals surface area contributed by atoms with Crippen LogP contribution < -0.4 is 10.1 Å². The van der Waals surface area contributed by atoms with Crippen LogP contribution in [0.2, 0.25) is 0 Å². The van der Waals surface area contributed by atoms with Gasteiger partial charge < -0.3 is 15.0 Å². The van der Waals surface area contributed by atoms with E-state index in [9.17, 15) is 18.4 Å². The van der Waals surface area contributed by atoms with E-state index in [0.717, 1.165) is 23.4 Å². The van der Waals surface area contributed by atoms with Crippen molar-refractivity contribution >= 4 is 29.3 Å². The highest BCUT2D eigenvalue weighted by molar-refractivity contribution is 8.00. The molecule has 30 heavy (non-hydrogen) atoms. The molecule has 0 saturated carbocycles. The first-order chi connectivity index (χ1) is 14.4. The number of nitrogens with zero attached hydrogens (tertiary/aromatic N) is 1. The standard InChI is InChI=1S/C22H24F2N2O3S/c1-15-2-5-17(6-3-15)25-21(27)13-30-14-22(28)26-10-8-18(9-11-26)29-20-7-4-16(23)12-19(20)24/h2-7,12,18H,8-11,13-14H2,1H3,(H,25,27). The number of nitrogens with one attached hydrogen (secondary N) is 1. The molecule has 8 heteroatoms. The number of rotatable bonds is 7. The molecule has 2 aromatic carbocycles. The van der Waals surface area contributed by atoms with Gasteiger partial charge in [0.2, 0.25) is 11.8 Å². The van der Waals surface area contributed by atoms with E-state index in [2.05, 4.69) is 5.32 Å². The second-order valence-corrected chi connectivity index (χ2v) is 8.17. The van der Waals surface area contributed by atoms with Crippen LogP contribution in [0.5, 0.6) is 5.75 Å². The van der Waals surface area contributed by atoms with Crippen LogP contribution in [0.3, 0.4) is 0 Å². The average molecular weight is 435 g/mol. The molecule has 1 fully saturated rings. The number of halogens is 2. The third-order valence-electron chi connectivity index (χ3n) is 4.78. The fraction of sp³-hybridized carbons (Fsp3) is 0.364. The van der Waals surface area contributed by atoms with Gasteiger partial charge in [0.1, 0.15) is 11.9 Å². The number of likely N-dealkylation sites (tertiary alicyclic amines) is 1. The quantitative estimate of drug-likeness (QED) is 0.715. The molecule has 0 aliphatic carbocycles. The Hall–Kier alpha value is -2.61. The van der Waals surface area contributed by atoms with E-state index >= 15 is 0 Å². The number of carbonyl (C=O) groups is 2. The molecule has 1 heterocycles. The minimum atomic E-state index is -0.728. The van der Waals surface area contributed by atoms with Gasteiger partial charge in [-0.15, -0.1) is 11.8 Å². The first-order valence-corrected chi connectivity index (χ1v) is 10.9. The summed E-state index contributed by atoms with van der Waals surface area (Å²) in [4.78, 5) is 26.1. The highest BCUT2D eigenvalue weighted by Gasteiger charge is 2.24. The number of thioether (sulfide) groups is 1. The minimum absolute atomic E-state index is 0.0244. The fourth-order valence-electron chi connectivity index (χ4n) is 3.13.